The lowest BCUT2D eigenvalue weighted by Gasteiger charge is -2.26. The largest absolute Gasteiger partial charge is 0.497 e. The van der Waals surface area contributed by atoms with E-state index in [1.807, 2.05) is 18.3 Å². The number of halogens is 1. The van der Waals surface area contributed by atoms with Gasteiger partial charge in [-0.15, -0.1) is 0 Å². The van der Waals surface area contributed by atoms with Gasteiger partial charge in [-0.25, -0.2) is 9.50 Å². The molecule has 0 amide bonds. The zero-order valence-corrected chi connectivity index (χ0v) is 14.4. The molecule has 3 aromatic rings. The molecule has 1 aliphatic carbocycles. The maximum absolute atomic E-state index is 5.31. The Hall–Kier alpha value is -2.08. The monoisotopic (exact) mass is 372 g/mol. The van der Waals surface area contributed by atoms with Crippen molar-refractivity contribution in [1.29, 1.82) is 0 Å². The third-order valence-corrected chi connectivity index (χ3v) is 4.88. The Labute approximate surface area is 142 Å². The van der Waals surface area contributed by atoms with Gasteiger partial charge in [0, 0.05) is 12.2 Å². The molecule has 0 aliphatic heterocycles. The molecule has 4 rings (SSSR count). The van der Waals surface area contributed by atoms with Gasteiger partial charge < -0.3 is 10.1 Å². The first-order valence-corrected chi connectivity index (χ1v) is 8.44. The van der Waals surface area contributed by atoms with E-state index in [4.69, 9.17) is 4.74 Å². The van der Waals surface area contributed by atoms with Crippen LogP contribution in [0.15, 0.2) is 41.1 Å². The number of nitrogens with one attached hydrogen (secondary N) is 1. The second kappa shape index (κ2) is 5.85. The van der Waals surface area contributed by atoms with Crippen LogP contribution in [0.2, 0.25) is 0 Å². The molecule has 2 heterocycles. The van der Waals surface area contributed by atoms with Crippen LogP contribution in [0.3, 0.4) is 0 Å². The van der Waals surface area contributed by atoms with Crippen molar-refractivity contribution in [3.05, 3.63) is 52.3 Å². The third-order valence-electron chi connectivity index (χ3n) is 4.32. The summed E-state index contributed by atoms with van der Waals surface area (Å²) in [4.78, 5) is 4.63. The van der Waals surface area contributed by atoms with Crippen LogP contribution in [-0.2, 0) is 12.8 Å². The Morgan fingerprint density at radius 2 is 2.22 bits per heavy atom. The average molecular weight is 373 g/mol. The summed E-state index contributed by atoms with van der Waals surface area (Å²) < 4.78 is 7.98. The van der Waals surface area contributed by atoms with E-state index in [0.29, 0.717) is 6.04 Å². The SMILES string of the molecule is COc1ccc2c(c1)CCC(Nc1ccn3ncc(Br)c3n1)C2. The summed E-state index contributed by atoms with van der Waals surface area (Å²) in [5.74, 6) is 1.83. The molecule has 1 atom stereocenters. The second-order valence-electron chi connectivity index (χ2n) is 5.79. The molecule has 0 saturated carbocycles. The van der Waals surface area contributed by atoms with Crippen molar-refractivity contribution >= 4 is 27.4 Å². The zero-order chi connectivity index (χ0) is 15.8. The van der Waals surface area contributed by atoms with Crippen LogP contribution in [0, 0.1) is 0 Å². The average Bonchev–Trinajstić information content (AvgIpc) is 2.95. The molecule has 1 N–H and O–H groups in total. The number of anilines is 1. The van der Waals surface area contributed by atoms with Gasteiger partial charge in [0.15, 0.2) is 5.65 Å². The molecule has 0 saturated heterocycles. The summed E-state index contributed by atoms with van der Waals surface area (Å²) in [5, 5.41) is 7.78. The van der Waals surface area contributed by atoms with Crippen LogP contribution in [0.4, 0.5) is 5.82 Å². The Kier molecular flexibility index (Phi) is 3.69. The maximum Gasteiger partial charge on any atom is 0.171 e. The highest BCUT2D eigenvalue weighted by Gasteiger charge is 2.19. The molecular weight excluding hydrogens is 356 g/mol. The Bertz CT molecular complexity index is 861. The van der Waals surface area contributed by atoms with Crippen LogP contribution in [0.1, 0.15) is 17.5 Å². The lowest BCUT2D eigenvalue weighted by Crippen LogP contribution is -2.27. The van der Waals surface area contributed by atoms with Crippen molar-refractivity contribution in [2.45, 2.75) is 25.3 Å². The van der Waals surface area contributed by atoms with Gasteiger partial charge in [-0.05, 0) is 64.5 Å². The van der Waals surface area contributed by atoms with Crippen molar-refractivity contribution in [1.82, 2.24) is 14.6 Å². The molecule has 1 aromatic carbocycles. The predicted molar refractivity (Wildman–Crippen MR) is 93.1 cm³/mol. The van der Waals surface area contributed by atoms with Gasteiger partial charge in [-0.3, -0.25) is 0 Å². The molecule has 6 heteroatoms. The van der Waals surface area contributed by atoms with Gasteiger partial charge in [0.1, 0.15) is 11.6 Å². The minimum absolute atomic E-state index is 0.396. The summed E-state index contributed by atoms with van der Waals surface area (Å²) in [5.41, 5.74) is 3.61. The Morgan fingerprint density at radius 1 is 1.30 bits per heavy atom. The van der Waals surface area contributed by atoms with Crippen LogP contribution in [0.5, 0.6) is 5.75 Å². The lowest BCUT2D eigenvalue weighted by molar-refractivity contribution is 0.413. The summed E-state index contributed by atoms with van der Waals surface area (Å²) in [6, 6.07) is 8.73. The van der Waals surface area contributed by atoms with Crippen LogP contribution < -0.4 is 10.1 Å². The molecule has 118 valence electrons. The van der Waals surface area contributed by atoms with Gasteiger partial charge in [-0.2, -0.15) is 5.10 Å². The minimum atomic E-state index is 0.396. The first kappa shape index (κ1) is 14.5. The van der Waals surface area contributed by atoms with Gasteiger partial charge >= 0.3 is 0 Å². The predicted octanol–water partition coefficient (Wildman–Crippen LogP) is 3.47. The van der Waals surface area contributed by atoms with Gasteiger partial charge in [0.2, 0.25) is 0 Å². The van der Waals surface area contributed by atoms with Gasteiger partial charge in [0.05, 0.1) is 17.8 Å². The first-order valence-electron chi connectivity index (χ1n) is 7.65. The normalized spacial score (nSPS) is 17.0. The molecule has 1 aliphatic rings. The van der Waals surface area contributed by atoms with Crippen LogP contribution in [-0.4, -0.2) is 27.7 Å². The smallest absolute Gasteiger partial charge is 0.171 e. The van der Waals surface area contributed by atoms with Crippen molar-refractivity contribution in [3.8, 4) is 5.75 Å². The lowest BCUT2D eigenvalue weighted by atomic mass is 9.88. The highest BCUT2D eigenvalue weighted by molar-refractivity contribution is 9.10. The number of fused-ring (bicyclic) bond motifs is 2. The van der Waals surface area contributed by atoms with E-state index >= 15 is 0 Å². The third kappa shape index (κ3) is 2.79. The number of hydrogen-bond acceptors (Lipinski definition) is 4. The number of methoxy groups -OCH3 is 1. The van der Waals surface area contributed by atoms with E-state index in [1.54, 1.807) is 17.8 Å². The maximum atomic E-state index is 5.31. The summed E-state index contributed by atoms with van der Waals surface area (Å²) in [6.45, 7) is 0. The minimum Gasteiger partial charge on any atom is -0.497 e. The fourth-order valence-corrected chi connectivity index (χ4v) is 3.47. The van der Waals surface area contributed by atoms with E-state index in [9.17, 15) is 0 Å². The van der Waals surface area contributed by atoms with E-state index in [0.717, 1.165) is 40.9 Å². The molecule has 23 heavy (non-hydrogen) atoms. The number of rotatable bonds is 3. The molecular formula is C17H17BrN4O. The summed E-state index contributed by atoms with van der Waals surface area (Å²) >= 11 is 3.48. The van der Waals surface area contributed by atoms with Crippen molar-refractivity contribution in [3.63, 3.8) is 0 Å². The topological polar surface area (TPSA) is 51.5 Å². The molecule has 0 bridgehead atoms. The zero-order valence-electron chi connectivity index (χ0n) is 12.8. The van der Waals surface area contributed by atoms with Gasteiger partial charge in [0.25, 0.3) is 0 Å². The molecule has 2 aromatic heterocycles. The fourth-order valence-electron chi connectivity index (χ4n) is 3.11. The van der Waals surface area contributed by atoms with Crippen molar-refractivity contribution in [2.75, 3.05) is 12.4 Å². The second-order valence-corrected chi connectivity index (χ2v) is 6.65. The van der Waals surface area contributed by atoms with Crippen molar-refractivity contribution in [2.24, 2.45) is 0 Å². The molecule has 0 radical (unpaired) electrons. The molecule has 0 spiro atoms. The quantitative estimate of drug-likeness (QED) is 0.764. The highest BCUT2D eigenvalue weighted by atomic mass is 79.9. The summed E-state index contributed by atoms with van der Waals surface area (Å²) in [6.07, 6.45) is 6.84. The van der Waals surface area contributed by atoms with E-state index < -0.39 is 0 Å². The molecule has 1 unspecified atom stereocenters. The number of nitrogens with zero attached hydrogens (tertiary/aromatic N) is 3. The first-order chi connectivity index (χ1) is 11.2. The standard InChI is InChI=1S/C17H17BrN4O/c1-23-14-5-3-11-8-13(4-2-12(11)9-14)20-16-6-7-22-17(21-16)15(18)10-19-22/h3,5-7,9-10,13H,2,4,8H2,1H3,(H,20,21). The Morgan fingerprint density at radius 3 is 3.09 bits per heavy atom. The Balaban J connectivity index is 1.53. The van der Waals surface area contributed by atoms with Gasteiger partial charge in [-0.1, -0.05) is 6.07 Å². The number of benzene rings is 1. The number of aromatic nitrogens is 3. The van der Waals surface area contributed by atoms with E-state index in [-0.39, 0.29) is 0 Å². The number of hydrogen-bond donors (Lipinski definition) is 1. The number of ether oxygens (including phenoxy) is 1. The van der Waals surface area contributed by atoms with Crippen molar-refractivity contribution < 1.29 is 4.74 Å². The fraction of sp³-hybridized carbons (Fsp3) is 0.294. The highest BCUT2D eigenvalue weighted by Crippen LogP contribution is 2.27. The number of aryl methyl sites for hydroxylation is 1. The van der Waals surface area contributed by atoms with E-state index in [1.165, 1.54) is 11.1 Å². The van der Waals surface area contributed by atoms with Crippen LogP contribution in [0.25, 0.3) is 5.65 Å². The molecule has 5 nitrogen and oxygen atoms in total. The summed E-state index contributed by atoms with van der Waals surface area (Å²) in [7, 11) is 1.71. The molecule has 0 fully saturated rings. The van der Waals surface area contributed by atoms with Crippen LogP contribution >= 0.6 is 15.9 Å². The van der Waals surface area contributed by atoms with E-state index in [2.05, 4.69) is 43.5 Å².